The van der Waals surface area contributed by atoms with Gasteiger partial charge >= 0.3 is 0 Å². The third-order valence-corrected chi connectivity index (χ3v) is 3.25. The molecule has 0 saturated heterocycles. The van der Waals surface area contributed by atoms with E-state index in [1.54, 1.807) is 0 Å². The van der Waals surface area contributed by atoms with Gasteiger partial charge in [0, 0.05) is 12.6 Å². The van der Waals surface area contributed by atoms with Crippen molar-refractivity contribution >= 4 is 5.91 Å². The molecule has 1 amide bonds. The maximum absolute atomic E-state index is 12.1. The molecule has 0 spiro atoms. The normalized spacial score (nSPS) is 17.3. The Labute approximate surface area is 95.2 Å². The number of nitrogens with one attached hydrogen (secondary N) is 1. The van der Waals surface area contributed by atoms with Crippen molar-refractivity contribution in [2.75, 3.05) is 6.54 Å². The zero-order valence-corrected chi connectivity index (χ0v) is 9.65. The van der Waals surface area contributed by atoms with Crippen LogP contribution >= 0.6 is 0 Å². The number of aromatic amines is 1. The second-order valence-electron chi connectivity index (χ2n) is 4.24. The largest absolute Gasteiger partial charge is 0.334 e. The molecule has 0 atom stereocenters. The fraction of sp³-hybridized carbons (Fsp3) is 0.727. The second-order valence-corrected chi connectivity index (χ2v) is 4.24. The van der Waals surface area contributed by atoms with Crippen molar-refractivity contribution in [1.82, 2.24) is 20.3 Å². The summed E-state index contributed by atoms with van der Waals surface area (Å²) < 4.78 is 0. The molecule has 1 aromatic heterocycles. The number of hydrogen-bond donors (Lipinski definition) is 1. The van der Waals surface area contributed by atoms with E-state index in [4.69, 9.17) is 0 Å². The van der Waals surface area contributed by atoms with Crippen molar-refractivity contribution < 1.29 is 4.79 Å². The number of carbonyl (C=O) groups is 1. The van der Waals surface area contributed by atoms with E-state index >= 15 is 0 Å². The number of rotatable bonds is 3. The molecule has 88 valence electrons. The summed E-state index contributed by atoms with van der Waals surface area (Å²) in [4.78, 5) is 14.1. The van der Waals surface area contributed by atoms with Crippen molar-refractivity contribution in [1.29, 1.82) is 0 Å². The average Bonchev–Trinajstić information content (AvgIpc) is 2.85. The van der Waals surface area contributed by atoms with Gasteiger partial charge in [0.1, 0.15) is 0 Å². The number of hydrogen-bond acceptors (Lipinski definition) is 3. The molecule has 0 bridgehead atoms. The number of amides is 1. The van der Waals surface area contributed by atoms with Crippen LogP contribution in [0.4, 0.5) is 0 Å². The van der Waals surface area contributed by atoms with E-state index in [0.717, 1.165) is 19.4 Å². The SMILES string of the molecule is CCN(C(=O)c1cn[nH]n1)C1CCCCC1. The summed E-state index contributed by atoms with van der Waals surface area (Å²) in [5.41, 5.74) is 0.424. The van der Waals surface area contributed by atoms with Gasteiger partial charge in [-0.25, -0.2) is 0 Å². The van der Waals surface area contributed by atoms with Gasteiger partial charge in [0.05, 0.1) is 6.20 Å². The first-order chi connectivity index (χ1) is 7.83. The number of nitrogens with zero attached hydrogens (tertiary/aromatic N) is 3. The zero-order valence-electron chi connectivity index (χ0n) is 9.65. The molecule has 1 saturated carbocycles. The highest BCUT2D eigenvalue weighted by Crippen LogP contribution is 2.23. The Morgan fingerprint density at radius 2 is 2.25 bits per heavy atom. The summed E-state index contributed by atoms with van der Waals surface area (Å²) in [5, 5.41) is 10.0. The second kappa shape index (κ2) is 5.09. The van der Waals surface area contributed by atoms with Crippen molar-refractivity contribution in [2.24, 2.45) is 0 Å². The van der Waals surface area contributed by atoms with E-state index in [1.807, 2.05) is 11.8 Å². The zero-order chi connectivity index (χ0) is 11.4. The Morgan fingerprint density at radius 1 is 1.50 bits per heavy atom. The van der Waals surface area contributed by atoms with Crippen molar-refractivity contribution in [3.63, 3.8) is 0 Å². The molecule has 0 aliphatic heterocycles. The maximum Gasteiger partial charge on any atom is 0.276 e. The third-order valence-electron chi connectivity index (χ3n) is 3.25. The smallest absolute Gasteiger partial charge is 0.276 e. The van der Waals surface area contributed by atoms with Crippen LogP contribution in [0.2, 0.25) is 0 Å². The Hall–Kier alpha value is -1.39. The van der Waals surface area contributed by atoms with Gasteiger partial charge in [-0.15, -0.1) is 0 Å². The van der Waals surface area contributed by atoms with Crippen LogP contribution in [0.1, 0.15) is 49.5 Å². The van der Waals surface area contributed by atoms with Gasteiger partial charge < -0.3 is 4.90 Å². The summed E-state index contributed by atoms with van der Waals surface area (Å²) in [7, 11) is 0. The molecule has 1 aliphatic rings. The Morgan fingerprint density at radius 3 is 2.81 bits per heavy atom. The summed E-state index contributed by atoms with van der Waals surface area (Å²) in [6.45, 7) is 2.77. The topological polar surface area (TPSA) is 61.9 Å². The lowest BCUT2D eigenvalue weighted by Gasteiger charge is -2.33. The van der Waals surface area contributed by atoms with E-state index in [1.165, 1.54) is 25.5 Å². The third kappa shape index (κ3) is 2.23. The summed E-state index contributed by atoms with van der Waals surface area (Å²) in [5.74, 6) is 0.00292. The predicted molar refractivity (Wildman–Crippen MR) is 60.0 cm³/mol. The van der Waals surface area contributed by atoms with Gasteiger partial charge in [0.15, 0.2) is 5.69 Å². The van der Waals surface area contributed by atoms with Gasteiger partial charge in [0.25, 0.3) is 5.91 Å². The van der Waals surface area contributed by atoms with Crippen LogP contribution in [-0.2, 0) is 0 Å². The molecule has 1 aromatic rings. The van der Waals surface area contributed by atoms with Crippen LogP contribution in [0.15, 0.2) is 6.20 Å². The number of aromatic nitrogens is 3. The lowest BCUT2D eigenvalue weighted by Crippen LogP contribution is -2.41. The van der Waals surface area contributed by atoms with Gasteiger partial charge in [-0.2, -0.15) is 15.4 Å². The van der Waals surface area contributed by atoms with Crippen LogP contribution in [0.3, 0.4) is 0 Å². The molecule has 0 aromatic carbocycles. The van der Waals surface area contributed by atoms with E-state index in [2.05, 4.69) is 15.4 Å². The van der Waals surface area contributed by atoms with Crippen LogP contribution in [0.5, 0.6) is 0 Å². The van der Waals surface area contributed by atoms with Crippen LogP contribution in [0, 0.1) is 0 Å². The molecule has 5 nitrogen and oxygen atoms in total. The first-order valence-electron chi connectivity index (χ1n) is 5.99. The molecular formula is C11H18N4O. The molecule has 1 fully saturated rings. The quantitative estimate of drug-likeness (QED) is 0.845. The van der Waals surface area contributed by atoms with Gasteiger partial charge in [0.2, 0.25) is 0 Å². The van der Waals surface area contributed by atoms with Crippen LogP contribution in [0.25, 0.3) is 0 Å². The predicted octanol–water partition coefficient (Wildman–Crippen LogP) is 1.60. The summed E-state index contributed by atoms with van der Waals surface area (Å²) >= 11 is 0. The monoisotopic (exact) mass is 222 g/mol. The first-order valence-corrected chi connectivity index (χ1v) is 5.99. The van der Waals surface area contributed by atoms with E-state index in [9.17, 15) is 4.79 Å². The molecule has 0 radical (unpaired) electrons. The van der Waals surface area contributed by atoms with Gasteiger partial charge in [-0.3, -0.25) is 4.79 Å². The number of carbonyl (C=O) groups excluding carboxylic acids is 1. The first kappa shape index (κ1) is 11.1. The molecule has 1 N–H and O–H groups in total. The average molecular weight is 222 g/mol. The van der Waals surface area contributed by atoms with E-state index < -0.39 is 0 Å². The van der Waals surface area contributed by atoms with Crippen molar-refractivity contribution in [3.8, 4) is 0 Å². The Balaban J connectivity index is 2.06. The lowest BCUT2D eigenvalue weighted by molar-refractivity contribution is 0.0642. The van der Waals surface area contributed by atoms with Gasteiger partial charge in [-0.05, 0) is 19.8 Å². The minimum Gasteiger partial charge on any atom is -0.334 e. The van der Waals surface area contributed by atoms with E-state index in [-0.39, 0.29) is 5.91 Å². The summed E-state index contributed by atoms with van der Waals surface area (Å²) in [6.07, 6.45) is 7.50. The molecule has 1 aliphatic carbocycles. The Bertz CT molecular complexity index is 330. The highest BCUT2D eigenvalue weighted by Gasteiger charge is 2.26. The molecule has 5 heteroatoms. The fourth-order valence-corrected chi connectivity index (χ4v) is 2.41. The molecular weight excluding hydrogens is 204 g/mol. The molecule has 1 heterocycles. The number of H-pyrrole nitrogens is 1. The van der Waals surface area contributed by atoms with Crippen molar-refractivity contribution in [3.05, 3.63) is 11.9 Å². The summed E-state index contributed by atoms with van der Waals surface area (Å²) in [6, 6.07) is 0.392. The Kier molecular flexibility index (Phi) is 3.54. The highest BCUT2D eigenvalue weighted by atomic mass is 16.2. The highest BCUT2D eigenvalue weighted by molar-refractivity contribution is 5.92. The molecule has 2 rings (SSSR count). The van der Waals surface area contributed by atoms with Crippen LogP contribution in [-0.4, -0.2) is 38.8 Å². The molecule has 0 unspecified atom stereocenters. The van der Waals surface area contributed by atoms with E-state index in [0.29, 0.717) is 11.7 Å². The fourth-order valence-electron chi connectivity index (χ4n) is 2.41. The van der Waals surface area contributed by atoms with Crippen LogP contribution < -0.4 is 0 Å². The minimum absolute atomic E-state index is 0.00292. The minimum atomic E-state index is 0.00292. The standard InChI is InChI=1S/C11H18N4O/c1-2-15(9-6-4-3-5-7-9)11(16)10-8-12-14-13-10/h8-9H,2-7H2,1H3,(H,12,13,14). The lowest BCUT2D eigenvalue weighted by atomic mass is 9.94. The van der Waals surface area contributed by atoms with Gasteiger partial charge in [-0.1, -0.05) is 19.3 Å². The van der Waals surface area contributed by atoms with Crippen molar-refractivity contribution in [2.45, 2.75) is 45.1 Å². The maximum atomic E-state index is 12.1. The molecule has 16 heavy (non-hydrogen) atoms.